The number of carbonyl (C=O) groups excluding carboxylic acids is 1. The Morgan fingerprint density at radius 2 is 2.32 bits per heavy atom. The Labute approximate surface area is 116 Å². The van der Waals surface area contributed by atoms with E-state index in [9.17, 15) is 4.79 Å². The second-order valence-electron chi connectivity index (χ2n) is 5.98. The number of fused-ring (bicyclic) bond motifs is 2. The van der Waals surface area contributed by atoms with E-state index in [1.807, 2.05) is 10.3 Å². The van der Waals surface area contributed by atoms with Crippen molar-refractivity contribution >= 4 is 17.2 Å². The average Bonchev–Trinajstić information content (AvgIpc) is 2.89. The third-order valence-corrected chi connectivity index (χ3v) is 5.23. The lowest BCUT2D eigenvalue weighted by molar-refractivity contribution is 0.0207. The number of amides is 1. The van der Waals surface area contributed by atoms with E-state index in [4.69, 9.17) is 4.74 Å². The molecule has 1 aliphatic heterocycles. The van der Waals surface area contributed by atoms with Crippen LogP contribution in [0.1, 0.15) is 36.2 Å². The summed E-state index contributed by atoms with van der Waals surface area (Å²) in [7, 11) is 0. The van der Waals surface area contributed by atoms with Crippen molar-refractivity contribution in [2.75, 3.05) is 13.2 Å². The smallest absolute Gasteiger partial charge is 0.273 e. The highest BCUT2D eigenvalue weighted by Crippen LogP contribution is 2.41. The van der Waals surface area contributed by atoms with Gasteiger partial charge in [-0.2, -0.15) is 0 Å². The monoisotopic (exact) mass is 278 g/mol. The SMILES string of the molecule is O=C(c1cscn1)N1CC2CCC1C2OCC1CC1. The molecule has 4 nitrogen and oxygen atoms in total. The van der Waals surface area contributed by atoms with E-state index >= 15 is 0 Å². The number of nitrogens with zero attached hydrogens (tertiary/aromatic N) is 2. The molecule has 3 aliphatic rings. The first-order valence-electron chi connectivity index (χ1n) is 7.13. The number of hydrogen-bond donors (Lipinski definition) is 0. The maximum atomic E-state index is 12.4. The molecule has 0 radical (unpaired) electrons. The standard InChI is InChI=1S/C14H18N2O2S/c17-14(11-7-19-8-15-11)16-5-10-3-4-12(16)13(10)18-6-9-1-2-9/h7-10,12-13H,1-6H2. The molecule has 1 aromatic heterocycles. The van der Waals surface area contributed by atoms with Crippen LogP contribution < -0.4 is 0 Å². The molecule has 0 aromatic carbocycles. The molecule has 0 N–H and O–H groups in total. The van der Waals surface area contributed by atoms with E-state index in [1.165, 1.54) is 30.6 Å². The first-order valence-corrected chi connectivity index (χ1v) is 8.08. The van der Waals surface area contributed by atoms with Gasteiger partial charge in [0.1, 0.15) is 5.69 Å². The minimum Gasteiger partial charge on any atom is -0.375 e. The average molecular weight is 278 g/mol. The molecule has 0 spiro atoms. The van der Waals surface area contributed by atoms with Crippen LogP contribution in [0.15, 0.2) is 10.9 Å². The predicted molar refractivity (Wildman–Crippen MR) is 72.1 cm³/mol. The van der Waals surface area contributed by atoms with Gasteiger partial charge in [-0.25, -0.2) is 4.98 Å². The number of carbonyl (C=O) groups is 1. The summed E-state index contributed by atoms with van der Waals surface area (Å²) in [5.41, 5.74) is 2.32. The maximum absolute atomic E-state index is 12.4. The third-order valence-electron chi connectivity index (χ3n) is 4.64. The van der Waals surface area contributed by atoms with E-state index in [1.54, 1.807) is 5.51 Å². The minimum atomic E-state index is 0.0912. The zero-order chi connectivity index (χ0) is 12.8. The molecule has 2 aliphatic carbocycles. The van der Waals surface area contributed by atoms with Crippen LogP contribution in [0.2, 0.25) is 0 Å². The van der Waals surface area contributed by atoms with Gasteiger partial charge in [0.2, 0.25) is 0 Å². The molecule has 3 unspecified atom stereocenters. The molecule has 2 saturated carbocycles. The van der Waals surface area contributed by atoms with Crippen LogP contribution in [0, 0.1) is 11.8 Å². The van der Waals surface area contributed by atoms with Crippen molar-refractivity contribution in [3.63, 3.8) is 0 Å². The molecule has 19 heavy (non-hydrogen) atoms. The molecule has 102 valence electrons. The Kier molecular flexibility index (Phi) is 2.84. The third kappa shape index (κ3) is 2.09. The highest BCUT2D eigenvalue weighted by molar-refractivity contribution is 7.07. The van der Waals surface area contributed by atoms with Gasteiger partial charge in [-0.15, -0.1) is 11.3 Å². The summed E-state index contributed by atoms with van der Waals surface area (Å²) >= 11 is 1.48. The molecule has 1 aromatic rings. The van der Waals surface area contributed by atoms with Gasteiger partial charge in [-0.3, -0.25) is 4.79 Å². The van der Waals surface area contributed by atoms with Crippen molar-refractivity contribution in [2.45, 2.75) is 37.8 Å². The molecule has 2 heterocycles. The lowest BCUT2D eigenvalue weighted by atomic mass is 10.1. The van der Waals surface area contributed by atoms with E-state index in [-0.39, 0.29) is 18.1 Å². The summed E-state index contributed by atoms with van der Waals surface area (Å²) < 4.78 is 6.10. The summed E-state index contributed by atoms with van der Waals surface area (Å²) in [4.78, 5) is 18.5. The fourth-order valence-corrected chi connectivity index (χ4v) is 3.95. The Bertz CT molecular complexity index is 472. The number of aromatic nitrogens is 1. The Morgan fingerprint density at radius 1 is 1.42 bits per heavy atom. The van der Waals surface area contributed by atoms with Crippen molar-refractivity contribution in [1.29, 1.82) is 0 Å². The van der Waals surface area contributed by atoms with Gasteiger partial charge in [-0.1, -0.05) is 0 Å². The molecule has 2 bridgehead atoms. The maximum Gasteiger partial charge on any atom is 0.273 e. The first-order chi connectivity index (χ1) is 9.33. The van der Waals surface area contributed by atoms with Gasteiger partial charge in [-0.05, 0) is 31.6 Å². The molecule has 3 fully saturated rings. The zero-order valence-corrected chi connectivity index (χ0v) is 11.6. The van der Waals surface area contributed by atoms with Gasteiger partial charge in [0.15, 0.2) is 0 Å². The Hall–Kier alpha value is -0.940. The predicted octanol–water partition coefficient (Wildman–Crippen LogP) is 2.17. The fraction of sp³-hybridized carbons (Fsp3) is 0.714. The van der Waals surface area contributed by atoms with Crippen molar-refractivity contribution in [2.24, 2.45) is 11.8 Å². The van der Waals surface area contributed by atoms with E-state index in [2.05, 4.69) is 4.98 Å². The van der Waals surface area contributed by atoms with Crippen LogP contribution in [-0.4, -0.2) is 41.1 Å². The molecule has 3 atom stereocenters. The highest BCUT2D eigenvalue weighted by Gasteiger charge is 2.50. The van der Waals surface area contributed by atoms with Crippen molar-refractivity contribution < 1.29 is 9.53 Å². The van der Waals surface area contributed by atoms with Gasteiger partial charge >= 0.3 is 0 Å². The molecular formula is C14H18N2O2S. The normalized spacial score (nSPS) is 33.1. The summed E-state index contributed by atoms with van der Waals surface area (Å²) in [6, 6.07) is 0.290. The molecule has 5 heteroatoms. The van der Waals surface area contributed by atoms with Crippen LogP contribution in [-0.2, 0) is 4.74 Å². The lowest BCUT2D eigenvalue weighted by Crippen LogP contribution is -2.40. The Morgan fingerprint density at radius 3 is 3.05 bits per heavy atom. The Balaban J connectivity index is 1.45. The second-order valence-corrected chi connectivity index (χ2v) is 6.70. The number of rotatable bonds is 4. The molecule has 4 rings (SSSR count). The topological polar surface area (TPSA) is 42.4 Å². The van der Waals surface area contributed by atoms with Crippen molar-refractivity contribution in [3.8, 4) is 0 Å². The van der Waals surface area contributed by atoms with E-state index in [0.29, 0.717) is 11.6 Å². The van der Waals surface area contributed by atoms with Crippen molar-refractivity contribution in [3.05, 3.63) is 16.6 Å². The van der Waals surface area contributed by atoms with E-state index in [0.717, 1.165) is 25.5 Å². The summed E-state index contributed by atoms with van der Waals surface area (Å²) in [5, 5.41) is 1.84. The number of likely N-dealkylation sites (tertiary alicyclic amines) is 1. The molecular weight excluding hydrogens is 260 g/mol. The van der Waals surface area contributed by atoms with Gasteiger partial charge in [0.25, 0.3) is 5.91 Å². The quantitative estimate of drug-likeness (QED) is 0.847. The summed E-state index contributed by atoms with van der Waals surface area (Å²) in [6.07, 6.45) is 5.23. The van der Waals surface area contributed by atoms with Crippen LogP contribution in [0.5, 0.6) is 0 Å². The number of piperidine rings is 1. The lowest BCUT2D eigenvalue weighted by Gasteiger charge is -2.26. The number of ether oxygens (including phenoxy) is 1. The van der Waals surface area contributed by atoms with E-state index < -0.39 is 0 Å². The number of hydrogen-bond acceptors (Lipinski definition) is 4. The first kappa shape index (κ1) is 11.9. The highest BCUT2D eigenvalue weighted by atomic mass is 32.1. The summed E-state index contributed by atoms with van der Waals surface area (Å²) in [5.74, 6) is 1.43. The number of thiazole rings is 1. The molecule has 1 amide bonds. The molecule has 1 saturated heterocycles. The minimum absolute atomic E-state index is 0.0912. The zero-order valence-electron chi connectivity index (χ0n) is 10.8. The van der Waals surface area contributed by atoms with Gasteiger partial charge in [0, 0.05) is 24.4 Å². The second kappa shape index (κ2) is 4.56. The van der Waals surface area contributed by atoms with Crippen LogP contribution in [0.3, 0.4) is 0 Å². The van der Waals surface area contributed by atoms with Crippen molar-refractivity contribution in [1.82, 2.24) is 9.88 Å². The van der Waals surface area contributed by atoms with Crippen LogP contribution in [0.25, 0.3) is 0 Å². The van der Waals surface area contributed by atoms with Gasteiger partial charge < -0.3 is 9.64 Å². The van der Waals surface area contributed by atoms with Crippen LogP contribution >= 0.6 is 11.3 Å². The fourth-order valence-electron chi connectivity index (χ4n) is 3.42. The van der Waals surface area contributed by atoms with Crippen LogP contribution in [0.4, 0.5) is 0 Å². The summed E-state index contributed by atoms with van der Waals surface area (Å²) in [6.45, 7) is 1.76. The van der Waals surface area contributed by atoms with Gasteiger partial charge in [0.05, 0.1) is 17.7 Å². The largest absolute Gasteiger partial charge is 0.375 e.